The van der Waals surface area contributed by atoms with E-state index in [9.17, 15) is 9.59 Å². The van der Waals surface area contributed by atoms with Crippen molar-refractivity contribution in [2.45, 2.75) is 33.6 Å². The van der Waals surface area contributed by atoms with Gasteiger partial charge in [0.25, 0.3) is 5.91 Å². The second-order valence-corrected chi connectivity index (χ2v) is 7.78. The van der Waals surface area contributed by atoms with E-state index in [1.165, 1.54) is 0 Å². The van der Waals surface area contributed by atoms with Crippen molar-refractivity contribution >= 4 is 40.6 Å². The molecule has 0 spiro atoms. The Balaban J connectivity index is 1.93. The lowest BCUT2D eigenvalue weighted by Gasteiger charge is -2.27. The van der Waals surface area contributed by atoms with Crippen LogP contribution < -0.4 is 5.32 Å². The quantitative estimate of drug-likeness (QED) is 0.784. The van der Waals surface area contributed by atoms with Gasteiger partial charge in [-0.15, -0.1) is 0 Å². The molecular formula is C18H17Cl2NO3. The fraction of sp³-hybridized carbons (Fsp3) is 0.333. The molecule has 1 aromatic heterocycles. The van der Waals surface area contributed by atoms with Crippen molar-refractivity contribution < 1.29 is 14.0 Å². The topological polar surface area (TPSA) is 59.3 Å². The molecule has 2 aromatic rings. The first kappa shape index (κ1) is 17.1. The smallest absolute Gasteiger partial charge is 0.291 e. The zero-order chi connectivity index (χ0) is 17.6. The summed E-state index contributed by atoms with van der Waals surface area (Å²) in [7, 11) is 0. The zero-order valence-corrected chi connectivity index (χ0v) is 15.1. The highest BCUT2D eigenvalue weighted by Crippen LogP contribution is 2.38. The highest BCUT2D eigenvalue weighted by atomic mass is 35.5. The molecule has 1 aliphatic carbocycles. The molecule has 0 bridgehead atoms. The van der Waals surface area contributed by atoms with Crippen LogP contribution in [0.2, 0.25) is 10.0 Å². The molecule has 3 rings (SSSR count). The molecule has 126 valence electrons. The normalized spacial score (nSPS) is 16.0. The SMILES string of the molecule is Cc1c(C(=O)Nc2cc(Cl)cc(Cl)c2)oc2c1C(=O)CC(C)(C)C2. The molecular weight excluding hydrogens is 349 g/mol. The van der Waals surface area contributed by atoms with Crippen LogP contribution in [-0.4, -0.2) is 11.7 Å². The van der Waals surface area contributed by atoms with Crippen LogP contribution in [0.3, 0.4) is 0 Å². The van der Waals surface area contributed by atoms with Crippen LogP contribution >= 0.6 is 23.2 Å². The predicted molar refractivity (Wildman–Crippen MR) is 94.3 cm³/mol. The van der Waals surface area contributed by atoms with Gasteiger partial charge < -0.3 is 9.73 Å². The van der Waals surface area contributed by atoms with E-state index >= 15 is 0 Å². The maximum atomic E-state index is 12.5. The number of nitrogens with one attached hydrogen (secondary N) is 1. The second-order valence-electron chi connectivity index (χ2n) is 6.91. The van der Waals surface area contributed by atoms with Crippen LogP contribution in [-0.2, 0) is 6.42 Å². The van der Waals surface area contributed by atoms with E-state index in [0.29, 0.717) is 45.5 Å². The molecule has 1 aliphatic rings. The maximum absolute atomic E-state index is 12.5. The van der Waals surface area contributed by atoms with Gasteiger partial charge in [0.05, 0.1) is 5.56 Å². The Morgan fingerprint density at radius 3 is 2.42 bits per heavy atom. The van der Waals surface area contributed by atoms with E-state index < -0.39 is 5.91 Å². The van der Waals surface area contributed by atoms with Gasteiger partial charge in [0.15, 0.2) is 11.5 Å². The summed E-state index contributed by atoms with van der Waals surface area (Å²) in [4.78, 5) is 24.9. The third-order valence-corrected chi connectivity index (χ3v) is 4.54. The van der Waals surface area contributed by atoms with E-state index in [1.54, 1.807) is 25.1 Å². The average Bonchev–Trinajstić information content (AvgIpc) is 2.72. The summed E-state index contributed by atoms with van der Waals surface area (Å²) in [5.41, 5.74) is 1.43. The first-order chi connectivity index (χ1) is 11.2. The van der Waals surface area contributed by atoms with E-state index in [1.807, 2.05) is 13.8 Å². The van der Waals surface area contributed by atoms with Crippen molar-refractivity contribution in [3.8, 4) is 0 Å². The molecule has 1 N–H and O–H groups in total. The number of hydrogen-bond donors (Lipinski definition) is 1. The van der Waals surface area contributed by atoms with Crippen LogP contribution in [0.4, 0.5) is 5.69 Å². The Bertz CT molecular complexity index is 832. The van der Waals surface area contributed by atoms with Gasteiger partial charge in [-0.2, -0.15) is 0 Å². The first-order valence-electron chi connectivity index (χ1n) is 7.59. The van der Waals surface area contributed by atoms with Crippen molar-refractivity contribution in [3.63, 3.8) is 0 Å². The third-order valence-electron chi connectivity index (χ3n) is 4.10. The molecule has 24 heavy (non-hydrogen) atoms. The Morgan fingerprint density at radius 1 is 1.17 bits per heavy atom. The minimum Gasteiger partial charge on any atom is -0.455 e. The Labute approximate surface area is 150 Å². The molecule has 1 amide bonds. The van der Waals surface area contributed by atoms with Crippen molar-refractivity contribution in [1.29, 1.82) is 0 Å². The van der Waals surface area contributed by atoms with E-state index in [-0.39, 0.29) is 17.0 Å². The summed E-state index contributed by atoms with van der Waals surface area (Å²) < 4.78 is 5.74. The molecule has 0 fully saturated rings. The van der Waals surface area contributed by atoms with Gasteiger partial charge in [-0.3, -0.25) is 9.59 Å². The minimum atomic E-state index is -0.425. The minimum absolute atomic E-state index is 0.0207. The molecule has 0 unspecified atom stereocenters. The molecule has 0 radical (unpaired) electrons. The van der Waals surface area contributed by atoms with Gasteiger partial charge >= 0.3 is 0 Å². The van der Waals surface area contributed by atoms with Crippen molar-refractivity contribution in [3.05, 3.63) is 50.9 Å². The van der Waals surface area contributed by atoms with Gasteiger partial charge in [-0.05, 0) is 30.5 Å². The number of carbonyl (C=O) groups is 2. The van der Waals surface area contributed by atoms with Gasteiger partial charge in [0.1, 0.15) is 5.76 Å². The van der Waals surface area contributed by atoms with Crippen LogP contribution in [0.25, 0.3) is 0 Å². The lowest BCUT2D eigenvalue weighted by atomic mass is 9.76. The fourth-order valence-electron chi connectivity index (χ4n) is 3.11. The average molecular weight is 366 g/mol. The zero-order valence-electron chi connectivity index (χ0n) is 13.6. The van der Waals surface area contributed by atoms with Crippen molar-refractivity contribution in [1.82, 2.24) is 0 Å². The number of benzene rings is 1. The number of fused-ring (bicyclic) bond motifs is 1. The molecule has 1 heterocycles. The summed E-state index contributed by atoms with van der Waals surface area (Å²) >= 11 is 11.9. The van der Waals surface area contributed by atoms with Gasteiger partial charge in [0.2, 0.25) is 0 Å². The number of amides is 1. The number of carbonyl (C=O) groups excluding carboxylic acids is 2. The van der Waals surface area contributed by atoms with E-state index in [2.05, 4.69) is 5.32 Å². The van der Waals surface area contributed by atoms with Crippen molar-refractivity contribution in [2.24, 2.45) is 5.41 Å². The number of furan rings is 1. The molecule has 0 saturated carbocycles. The lowest BCUT2D eigenvalue weighted by molar-refractivity contribution is 0.0898. The van der Waals surface area contributed by atoms with Gasteiger partial charge in [-0.25, -0.2) is 0 Å². The van der Waals surface area contributed by atoms with Crippen LogP contribution in [0.5, 0.6) is 0 Å². The first-order valence-corrected chi connectivity index (χ1v) is 8.35. The van der Waals surface area contributed by atoms with E-state index in [0.717, 1.165) is 0 Å². The molecule has 4 nitrogen and oxygen atoms in total. The summed E-state index contributed by atoms with van der Waals surface area (Å²) in [6, 6.07) is 4.77. The highest BCUT2D eigenvalue weighted by Gasteiger charge is 2.37. The number of Topliss-reactive ketones (excluding diaryl/α,β-unsaturated/α-hetero) is 1. The van der Waals surface area contributed by atoms with Gasteiger partial charge in [0, 0.05) is 34.1 Å². The van der Waals surface area contributed by atoms with Crippen LogP contribution in [0.1, 0.15) is 52.5 Å². The fourth-order valence-corrected chi connectivity index (χ4v) is 3.64. The summed E-state index contributed by atoms with van der Waals surface area (Å²) in [6.45, 7) is 5.76. The monoisotopic (exact) mass is 365 g/mol. The molecule has 0 saturated heterocycles. The van der Waals surface area contributed by atoms with Gasteiger partial charge in [-0.1, -0.05) is 37.0 Å². The lowest BCUT2D eigenvalue weighted by Crippen LogP contribution is -2.26. The molecule has 0 atom stereocenters. The summed E-state index contributed by atoms with van der Waals surface area (Å²) in [5.74, 6) is 0.336. The Morgan fingerprint density at radius 2 is 1.79 bits per heavy atom. The van der Waals surface area contributed by atoms with Crippen LogP contribution in [0, 0.1) is 12.3 Å². The molecule has 6 heteroatoms. The second kappa shape index (κ2) is 5.94. The number of rotatable bonds is 2. The third kappa shape index (κ3) is 3.21. The molecule has 0 aliphatic heterocycles. The largest absolute Gasteiger partial charge is 0.455 e. The predicted octanol–water partition coefficient (Wildman–Crippen LogP) is 5.30. The number of anilines is 1. The Kier molecular flexibility index (Phi) is 4.22. The van der Waals surface area contributed by atoms with Crippen molar-refractivity contribution in [2.75, 3.05) is 5.32 Å². The number of halogens is 2. The number of hydrogen-bond acceptors (Lipinski definition) is 3. The maximum Gasteiger partial charge on any atom is 0.291 e. The highest BCUT2D eigenvalue weighted by molar-refractivity contribution is 6.35. The standard InChI is InChI=1S/C18H17Cl2NO3/c1-9-15-13(22)7-18(2,3)8-14(15)24-16(9)17(23)21-12-5-10(19)4-11(20)6-12/h4-6H,7-8H2,1-3H3,(H,21,23). The summed E-state index contributed by atoms with van der Waals surface area (Å²) in [6.07, 6.45) is 1.08. The number of ketones is 1. The Hall–Kier alpha value is -1.78. The summed E-state index contributed by atoms with van der Waals surface area (Å²) in [5, 5.41) is 3.56. The van der Waals surface area contributed by atoms with Crippen LogP contribution in [0.15, 0.2) is 22.6 Å². The van der Waals surface area contributed by atoms with E-state index in [4.69, 9.17) is 27.6 Å². The molecule has 1 aromatic carbocycles.